The number of rotatable bonds is 6. The molecule has 1 aliphatic carbocycles. The summed E-state index contributed by atoms with van der Waals surface area (Å²) < 4.78 is 5.52. The van der Waals surface area contributed by atoms with Gasteiger partial charge >= 0.3 is 0 Å². The lowest BCUT2D eigenvalue weighted by Gasteiger charge is -2.36. The minimum atomic E-state index is -0.485. The summed E-state index contributed by atoms with van der Waals surface area (Å²) >= 11 is 0. The van der Waals surface area contributed by atoms with Crippen molar-refractivity contribution < 1.29 is 14.6 Å². The summed E-state index contributed by atoms with van der Waals surface area (Å²) in [6, 6.07) is 7.15. The van der Waals surface area contributed by atoms with E-state index in [1.54, 1.807) is 18.2 Å². The maximum absolute atomic E-state index is 12.5. The van der Waals surface area contributed by atoms with Crippen LogP contribution in [0.15, 0.2) is 36.9 Å². The van der Waals surface area contributed by atoms with E-state index in [1.165, 1.54) is 0 Å². The van der Waals surface area contributed by atoms with E-state index < -0.39 is 5.54 Å². The second-order valence-corrected chi connectivity index (χ2v) is 5.55. The summed E-state index contributed by atoms with van der Waals surface area (Å²) in [4.78, 5) is 12.5. The van der Waals surface area contributed by atoms with Crippen molar-refractivity contribution in [1.29, 1.82) is 0 Å². The average molecular weight is 289 g/mol. The monoisotopic (exact) mass is 289 g/mol. The third kappa shape index (κ3) is 3.85. The van der Waals surface area contributed by atoms with Crippen molar-refractivity contribution >= 4 is 5.91 Å². The molecule has 1 aromatic carbocycles. The molecular formula is C17H23NO3. The molecule has 0 heterocycles. The van der Waals surface area contributed by atoms with E-state index in [2.05, 4.69) is 11.9 Å². The van der Waals surface area contributed by atoms with Crippen molar-refractivity contribution in [3.8, 4) is 5.75 Å². The van der Waals surface area contributed by atoms with Crippen LogP contribution in [0.5, 0.6) is 5.75 Å². The zero-order valence-electron chi connectivity index (χ0n) is 12.3. The summed E-state index contributed by atoms with van der Waals surface area (Å²) in [6.07, 6.45) is 6.53. The fourth-order valence-electron chi connectivity index (χ4n) is 2.79. The number of nitrogens with one attached hydrogen (secondary N) is 1. The summed E-state index contributed by atoms with van der Waals surface area (Å²) in [5.41, 5.74) is 0.0127. The van der Waals surface area contributed by atoms with Crippen molar-refractivity contribution in [2.24, 2.45) is 0 Å². The molecule has 0 aliphatic heterocycles. The number of aliphatic hydroxyl groups excluding tert-OH is 1. The smallest absolute Gasteiger partial charge is 0.255 e. The van der Waals surface area contributed by atoms with Crippen molar-refractivity contribution in [1.82, 2.24) is 5.32 Å². The number of ether oxygens (including phenoxy) is 1. The van der Waals surface area contributed by atoms with Crippen molar-refractivity contribution in [3.63, 3.8) is 0 Å². The van der Waals surface area contributed by atoms with Crippen LogP contribution in [0.4, 0.5) is 0 Å². The normalized spacial score (nSPS) is 17.0. The highest BCUT2D eigenvalue weighted by Gasteiger charge is 2.33. The van der Waals surface area contributed by atoms with Gasteiger partial charge in [0.15, 0.2) is 0 Å². The Balaban J connectivity index is 2.13. The number of hydrogen-bond acceptors (Lipinski definition) is 3. The van der Waals surface area contributed by atoms with E-state index in [4.69, 9.17) is 4.74 Å². The Labute approximate surface area is 125 Å². The van der Waals surface area contributed by atoms with E-state index >= 15 is 0 Å². The molecule has 4 heteroatoms. The number of para-hydroxylation sites is 1. The van der Waals surface area contributed by atoms with Gasteiger partial charge in [-0.1, -0.05) is 44.1 Å². The molecular weight excluding hydrogens is 266 g/mol. The van der Waals surface area contributed by atoms with Crippen LogP contribution in [0.2, 0.25) is 0 Å². The molecule has 1 fully saturated rings. The molecule has 0 bridgehead atoms. The first-order valence-corrected chi connectivity index (χ1v) is 7.47. The van der Waals surface area contributed by atoms with Gasteiger partial charge in [-0.2, -0.15) is 0 Å². The fourth-order valence-corrected chi connectivity index (χ4v) is 2.79. The van der Waals surface area contributed by atoms with Gasteiger partial charge in [0.25, 0.3) is 5.91 Å². The number of amides is 1. The molecule has 0 saturated heterocycles. The molecule has 2 rings (SSSR count). The highest BCUT2D eigenvalue weighted by Crippen LogP contribution is 2.29. The lowest BCUT2D eigenvalue weighted by Crippen LogP contribution is -2.52. The van der Waals surface area contributed by atoms with Gasteiger partial charge in [0.1, 0.15) is 12.4 Å². The number of aliphatic hydroxyl groups is 1. The standard InChI is InChI=1S/C17H23NO3/c1-2-12-21-15-9-5-4-8-14(15)16(20)18-17(13-19)10-6-3-7-11-17/h2,4-5,8-9,19H,1,3,6-7,10-13H2,(H,18,20). The second kappa shape index (κ2) is 7.27. The van der Waals surface area contributed by atoms with Crippen LogP contribution in [-0.4, -0.2) is 29.8 Å². The Morgan fingerprint density at radius 1 is 1.33 bits per heavy atom. The summed E-state index contributed by atoms with van der Waals surface area (Å²) in [6.45, 7) is 3.95. The number of benzene rings is 1. The third-order valence-corrected chi connectivity index (χ3v) is 3.98. The maximum Gasteiger partial charge on any atom is 0.255 e. The Morgan fingerprint density at radius 2 is 2.05 bits per heavy atom. The SMILES string of the molecule is C=CCOc1ccccc1C(=O)NC1(CO)CCCCC1. The van der Waals surface area contributed by atoms with Gasteiger partial charge < -0.3 is 15.2 Å². The van der Waals surface area contributed by atoms with Crippen LogP contribution in [0, 0.1) is 0 Å². The summed E-state index contributed by atoms with van der Waals surface area (Å²) in [5.74, 6) is 0.351. The molecule has 21 heavy (non-hydrogen) atoms. The Hall–Kier alpha value is -1.81. The van der Waals surface area contributed by atoms with Gasteiger partial charge in [0, 0.05) is 0 Å². The predicted molar refractivity (Wildman–Crippen MR) is 82.5 cm³/mol. The fraction of sp³-hybridized carbons (Fsp3) is 0.471. The predicted octanol–water partition coefficient (Wildman–Crippen LogP) is 2.68. The highest BCUT2D eigenvalue weighted by molar-refractivity contribution is 5.97. The lowest BCUT2D eigenvalue weighted by molar-refractivity contribution is 0.0755. The van der Waals surface area contributed by atoms with Crippen molar-refractivity contribution in [3.05, 3.63) is 42.5 Å². The molecule has 0 atom stereocenters. The minimum absolute atomic E-state index is 0.0194. The van der Waals surface area contributed by atoms with E-state index in [0.717, 1.165) is 32.1 Å². The number of carbonyl (C=O) groups is 1. The van der Waals surface area contributed by atoms with Crippen molar-refractivity contribution in [2.75, 3.05) is 13.2 Å². The molecule has 1 amide bonds. The van der Waals surface area contributed by atoms with Crippen LogP contribution < -0.4 is 10.1 Å². The van der Waals surface area contributed by atoms with Gasteiger partial charge in [0.2, 0.25) is 0 Å². The van der Waals surface area contributed by atoms with Crippen molar-refractivity contribution in [2.45, 2.75) is 37.6 Å². The van der Waals surface area contributed by atoms with Gasteiger partial charge in [-0.15, -0.1) is 0 Å². The Kier molecular flexibility index (Phi) is 5.39. The first-order valence-electron chi connectivity index (χ1n) is 7.47. The van der Waals surface area contributed by atoms with Crippen LogP contribution in [0.3, 0.4) is 0 Å². The molecule has 4 nitrogen and oxygen atoms in total. The van der Waals surface area contributed by atoms with E-state index in [9.17, 15) is 9.90 Å². The minimum Gasteiger partial charge on any atom is -0.489 e. The zero-order chi connectivity index (χ0) is 15.1. The molecule has 1 saturated carbocycles. The molecule has 1 aliphatic rings. The maximum atomic E-state index is 12.5. The third-order valence-electron chi connectivity index (χ3n) is 3.98. The zero-order valence-corrected chi connectivity index (χ0v) is 12.3. The quantitative estimate of drug-likeness (QED) is 0.792. The Bertz CT molecular complexity index is 493. The largest absolute Gasteiger partial charge is 0.489 e. The van der Waals surface area contributed by atoms with Gasteiger partial charge in [-0.05, 0) is 25.0 Å². The summed E-state index contributed by atoms with van der Waals surface area (Å²) in [5, 5.41) is 12.7. The molecule has 1 aromatic rings. The molecule has 114 valence electrons. The molecule has 0 aromatic heterocycles. The average Bonchev–Trinajstić information content (AvgIpc) is 2.54. The highest BCUT2D eigenvalue weighted by atomic mass is 16.5. The molecule has 0 unspecified atom stereocenters. The van der Waals surface area contributed by atoms with Crippen LogP contribution in [0.25, 0.3) is 0 Å². The van der Waals surface area contributed by atoms with Crippen LogP contribution in [-0.2, 0) is 0 Å². The summed E-state index contributed by atoms with van der Waals surface area (Å²) in [7, 11) is 0. The van der Waals surface area contributed by atoms with Gasteiger partial charge in [-0.25, -0.2) is 0 Å². The van der Waals surface area contributed by atoms with E-state index in [-0.39, 0.29) is 12.5 Å². The van der Waals surface area contributed by atoms with Gasteiger partial charge in [-0.3, -0.25) is 4.79 Å². The molecule has 0 spiro atoms. The first-order chi connectivity index (χ1) is 10.2. The van der Waals surface area contributed by atoms with E-state index in [0.29, 0.717) is 17.9 Å². The Morgan fingerprint density at radius 3 is 2.71 bits per heavy atom. The molecule has 2 N–H and O–H groups in total. The van der Waals surface area contributed by atoms with Crippen LogP contribution in [0.1, 0.15) is 42.5 Å². The first kappa shape index (κ1) is 15.6. The van der Waals surface area contributed by atoms with Gasteiger partial charge in [0.05, 0.1) is 17.7 Å². The number of carbonyl (C=O) groups excluding carboxylic acids is 1. The topological polar surface area (TPSA) is 58.6 Å². The number of hydrogen-bond donors (Lipinski definition) is 2. The van der Waals surface area contributed by atoms with Crippen LogP contribution >= 0.6 is 0 Å². The lowest BCUT2D eigenvalue weighted by atomic mass is 9.82. The molecule has 0 radical (unpaired) electrons. The van der Waals surface area contributed by atoms with E-state index in [1.807, 2.05) is 12.1 Å². The second-order valence-electron chi connectivity index (χ2n) is 5.55.